The molecule has 6 nitrogen and oxygen atoms in total. The fourth-order valence-electron chi connectivity index (χ4n) is 4.71. The van der Waals surface area contributed by atoms with E-state index in [1.54, 1.807) is 18.4 Å². The van der Waals surface area contributed by atoms with E-state index in [1.807, 2.05) is 0 Å². The van der Waals surface area contributed by atoms with Crippen LogP contribution in [-0.4, -0.2) is 47.2 Å². The van der Waals surface area contributed by atoms with E-state index < -0.39 is 6.10 Å². The molecule has 4 rings (SSSR count). The van der Waals surface area contributed by atoms with Crippen molar-refractivity contribution >= 4 is 5.96 Å². The van der Waals surface area contributed by atoms with Crippen LogP contribution >= 0.6 is 0 Å². The molecule has 1 aromatic carbocycles. The zero-order chi connectivity index (χ0) is 20.1. The molecule has 3 atom stereocenters. The van der Waals surface area contributed by atoms with Crippen molar-refractivity contribution in [2.45, 2.75) is 63.4 Å². The molecular formula is C23H32N4O2. The molecule has 156 valence electrons. The molecule has 2 aliphatic rings. The van der Waals surface area contributed by atoms with Crippen molar-refractivity contribution in [3.8, 4) is 0 Å². The second kappa shape index (κ2) is 9.46. The molecule has 0 radical (unpaired) electrons. The Bertz CT molecular complexity index is 763. The molecule has 0 amide bonds. The van der Waals surface area contributed by atoms with Crippen molar-refractivity contribution in [2.24, 2.45) is 4.99 Å². The monoisotopic (exact) mass is 396 g/mol. The Labute approximate surface area is 173 Å². The molecule has 1 aromatic heterocycles. The number of piperidine rings is 1. The Kier molecular flexibility index (Phi) is 6.52. The van der Waals surface area contributed by atoms with Gasteiger partial charge in [-0.25, -0.2) is 0 Å². The average Bonchev–Trinajstić information content (AvgIpc) is 3.34. The van der Waals surface area contributed by atoms with Gasteiger partial charge in [-0.3, -0.25) is 9.89 Å². The topological polar surface area (TPSA) is 73.0 Å². The number of hydrogen-bond donors (Lipinski definition) is 3. The van der Waals surface area contributed by atoms with Crippen molar-refractivity contribution in [1.82, 2.24) is 15.5 Å². The van der Waals surface area contributed by atoms with Crippen molar-refractivity contribution in [2.75, 3.05) is 13.1 Å². The fourth-order valence-corrected chi connectivity index (χ4v) is 4.71. The van der Waals surface area contributed by atoms with E-state index in [-0.39, 0.29) is 6.54 Å². The number of rotatable bonds is 7. The third kappa shape index (κ3) is 5.00. The minimum atomic E-state index is -0.718. The van der Waals surface area contributed by atoms with Gasteiger partial charge in [-0.15, -0.1) is 0 Å². The Balaban J connectivity index is 1.34. The summed E-state index contributed by atoms with van der Waals surface area (Å²) < 4.78 is 5.27. The standard InChI is InChI=1S/C23H32N4O2/c1-2-24-23(25-15-21(28)22-9-6-12-29-22)26-18-13-19-10-11-20(14-18)27(19)16-17-7-4-3-5-8-17/h3-9,12,18-21,28H,2,10-11,13-16H2,1H3,(H2,24,25,26). The number of nitrogens with zero attached hydrogens (tertiary/aromatic N) is 2. The lowest BCUT2D eigenvalue weighted by Crippen LogP contribution is -2.52. The number of benzene rings is 1. The zero-order valence-corrected chi connectivity index (χ0v) is 17.1. The molecule has 2 aromatic rings. The van der Waals surface area contributed by atoms with Gasteiger partial charge in [0.1, 0.15) is 11.9 Å². The Morgan fingerprint density at radius 2 is 1.93 bits per heavy atom. The van der Waals surface area contributed by atoms with Crippen LogP contribution in [0.2, 0.25) is 0 Å². The van der Waals surface area contributed by atoms with Crippen LogP contribution < -0.4 is 10.6 Å². The number of aliphatic imine (C=N–C) groups is 1. The van der Waals surface area contributed by atoms with Gasteiger partial charge < -0.3 is 20.2 Å². The van der Waals surface area contributed by atoms with Crippen molar-refractivity contribution in [3.63, 3.8) is 0 Å². The third-order valence-corrected chi connectivity index (χ3v) is 6.07. The van der Waals surface area contributed by atoms with E-state index in [4.69, 9.17) is 4.42 Å². The third-order valence-electron chi connectivity index (χ3n) is 6.07. The molecule has 0 saturated carbocycles. The Morgan fingerprint density at radius 3 is 2.59 bits per heavy atom. The molecule has 2 fully saturated rings. The molecule has 3 N–H and O–H groups in total. The van der Waals surface area contributed by atoms with Gasteiger partial charge in [0.05, 0.1) is 12.8 Å². The van der Waals surface area contributed by atoms with E-state index in [0.717, 1.165) is 31.9 Å². The lowest BCUT2D eigenvalue weighted by atomic mass is 9.96. The summed E-state index contributed by atoms with van der Waals surface area (Å²) in [5.74, 6) is 1.33. The van der Waals surface area contributed by atoms with Crippen molar-refractivity contribution in [3.05, 3.63) is 60.1 Å². The Hall–Kier alpha value is -2.31. The van der Waals surface area contributed by atoms with Gasteiger partial charge in [-0.2, -0.15) is 0 Å². The minimum Gasteiger partial charge on any atom is -0.467 e. The summed E-state index contributed by atoms with van der Waals surface area (Å²) in [7, 11) is 0. The zero-order valence-electron chi connectivity index (χ0n) is 17.1. The maximum absolute atomic E-state index is 10.2. The summed E-state index contributed by atoms with van der Waals surface area (Å²) >= 11 is 0. The van der Waals surface area contributed by atoms with E-state index in [1.165, 1.54) is 18.4 Å². The second-order valence-corrected chi connectivity index (χ2v) is 8.11. The van der Waals surface area contributed by atoms with Gasteiger partial charge in [-0.1, -0.05) is 30.3 Å². The number of nitrogens with one attached hydrogen (secondary N) is 2. The van der Waals surface area contributed by atoms with Crippen molar-refractivity contribution in [1.29, 1.82) is 0 Å². The molecule has 3 heterocycles. The largest absolute Gasteiger partial charge is 0.467 e. The predicted molar refractivity (Wildman–Crippen MR) is 115 cm³/mol. The predicted octanol–water partition coefficient (Wildman–Crippen LogP) is 3.06. The summed E-state index contributed by atoms with van der Waals surface area (Å²) in [5.41, 5.74) is 1.40. The summed E-state index contributed by atoms with van der Waals surface area (Å²) in [5, 5.41) is 17.2. The number of hydrogen-bond acceptors (Lipinski definition) is 4. The van der Waals surface area contributed by atoms with E-state index >= 15 is 0 Å². The van der Waals surface area contributed by atoms with Crippen LogP contribution in [0.15, 0.2) is 58.1 Å². The van der Waals surface area contributed by atoms with E-state index in [9.17, 15) is 5.11 Å². The normalized spacial score (nSPS) is 25.7. The van der Waals surface area contributed by atoms with Gasteiger partial charge in [0.15, 0.2) is 5.96 Å². The summed E-state index contributed by atoms with van der Waals surface area (Å²) in [4.78, 5) is 7.28. The quantitative estimate of drug-likeness (QED) is 0.496. The molecule has 2 saturated heterocycles. The van der Waals surface area contributed by atoms with Gasteiger partial charge in [0.2, 0.25) is 0 Å². The van der Waals surface area contributed by atoms with Crippen LogP contribution in [0.25, 0.3) is 0 Å². The summed E-state index contributed by atoms with van der Waals surface area (Å²) in [6.45, 7) is 4.18. The summed E-state index contributed by atoms with van der Waals surface area (Å²) in [6, 6.07) is 16.0. The smallest absolute Gasteiger partial charge is 0.191 e. The van der Waals surface area contributed by atoms with Gasteiger partial charge in [-0.05, 0) is 50.3 Å². The summed E-state index contributed by atoms with van der Waals surface area (Å²) in [6.07, 6.45) is 5.68. The van der Waals surface area contributed by atoms with Crippen LogP contribution in [0, 0.1) is 0 Å². The molecule has 0 aliphatic carbocycles. The molecule has 2 aliphatic heterocycles. The molecule has 2 bridgehead atoms. The highest BCUT2D eigenvalue weighted by atomic mass is 16.4. The molecule has 6 heteroatoms. The van der Waals surface area contributed by atoms with Crippen molar-refractivity contribution < 1.29 is 9.52 Å². The number of aliphatic hydroxyl groups is 1. The van der Waals surface area contributed by atoms with Crippen LogP contribution in [0.5, 0.6) is 0 Å². The van der Waals surface area contributed by atoms with Crippen LogP contribution in [0.4, 0.5) is 0 Å². The SMILES string of the molecule is CCNC(=NCC(O)c1ccco1)NC1CC2CCC(C1)N2Cc1ccccc1. The minimum absolute atomic E-state index is 0.280. The number of guanidine groups is 1. The van der Waals surface area contributed by atoms with Gasteiger partial charge in [0.25, 0.3) is 0 Å². The molecule has 0 spiro atoms. The number of furan rings is 1. The first kappa shape index (κ1) is 20.0. The van der Waals surface area contributed by atoms with E-state index in [0.29, 0.717) is 23.9 Å². The van der Waals surface area contributed by atoms with Crippen LogP contribution in [0.3, 0.4) is 0 Å². The first-order valence-electron chi connectivity index (χ1n) is 10.8. The molecule has 3 unspecified atom stereocenters. The first-order valence-corrected chi connectivity index (χ1v) is 10.8. The first-order chi connectivity index (χ1) is 14.2. The highest BCUT2D eigenvalue weighted by Crippen LogP contribution is 2.36. The molecular weight excluding hydrogens is 364 g/mol. The maximum Gasteiger partial charge on any atom is 0.191 e. The van der Waals surface area contributed by atoms with Crippen LogP contribution in [0.1, 0.15) is 50.0 Å². The second-order valence-electron chi connectivity index (χ2n) is 8.11. The molecule has 29 heavy (non-hydrogen) atoms. The number of fused-ring (bicyclic) bond motifs is 2. The average molecular weight is 397 g/mol. The van der Waals surface area contributed by atoms with Gasteiger partial charge in [0, 0.05) is 31.2 Å². The van der Waals surface area contributed by atoms with Gasteiger partial charge >= 0.3 is 0 Å². The van der Waals surface area contributed by atoms with E-state index in [2.05, 4.69) is 57.8 Å². The lowest BCUT2D eigenvalue weighted by molar-refractivity contribution is 0.114. The Morgan fingerprint density at radius 1 is 1.17 bits per heavy atom. The number of aliphatic hydroxyl groups excluding tert-OH is 1. The lowest BCUT2D eigenvalue weighted by Gasteiger charge is -2.39. The fraction of sp³-hybridized carbons (Fsp3) is 0.522. The highest BCUT2D eigenvalue weighted by molar-refractivity contribution is 5.80. The van der Waals surface area contributed by atoms with Crippen LogP contribution in [-0.2, 0) is 6.54 Å². The highest BCUT2D eigenvalue weighted by Gasteiger charge is 2.40. The maximum atomic E-state index is 10.2.